The van der Waals surface area contributed by atoms with Crippen LogP contribution in [0, 0.1) is 0 Å². The minimum Gasteiger partial charge on any atom is -0.481 e. The molecule has 0 aliphatic heterocycles. The van der Waals surface area contributed by atoms with Gasteiger partial charge in [0, 0.05) is 13.5 Å². The number of rotatable bonds is 19. The lowest BCUT2D eigenvalue weighted by molar-refractivity contribution is -0.134. The lowest BCUT2D eigenvalue weighted by Crippen LogP contribution is -2.11. The second kappa shape index (κ2) is 27.2. The van der Waals surface area contributed by atoms with Crippen molar-refractivity contribution in [3.05, 3.63) is 12.3 Å². The monoisotopic (exact) mass is 384 g/mol. The third-order valence-electron chi connectivity index (χ3n) is 4.49. The van der Waals surface area contributed by atoms with Crippen LogP contribution >= 0.6 is 0 Å². The second-order valence-corrected chi connectivity index (χ2v) is 7.40. The van der Waals surface area contributed by atoms with Crippen molar-refractivity contribution in [1.82, 2.24) is 5.32 Å². The molecular weight excluding hydrogens is 336 g/mol. The highest BCUT2D eigenvalue weighted by Crippen LogP contribution is 2.13. The van der Waals surface area contributed by atoms with E-state index in [-0.39, 0.29) is 0 Å². The van der Waals surface area contributed by atoms with Crippen LogP contribution in [0.2, 0.25) is 0 Å². The van der Waals surface area contributed by atoms with E-state index in [0.717, 1.165) is 26.4 Å². The van der Waals surface area contributed by atoms with E-state index < -0.39 is 5.97 Å². The van der Waals surface area contributed by atoms with Gasteiger partial charge >= 0.3 is 0 Å². The number of carboxylic acids is 1. The maximum Gasteiger partial charge on any atom is 0.300 e. The van der Waals surface area contributed by atoms with Gasteiger partial charge in [-0.25, -0.2) is 0 Å². The smallest absolute Gasteiger partial charge is 0.300 e. The fourth-order valence-corrected chi connectivity index (χ4v) is 2.91. The van der Waals surface area contributed by atoms with Crippen LogP contribution in [0.4, 0.5) is 0 Å². The molecule has 0 atom stereocenters. The topological polar surface area (TPSA) is 75.3 Å². The van der Waals surface area contributed by atoms with Gasteiger partial charge in [-0.15, -0.1) is 0 Å². The highest BCUT2D eigenvalue weighted by Gasteiger charge is 1.93. The van der Waals surface area contributed by atoms with Crippen LogP contribution in [0.25, 0.3) is 0 Å². The molecule has 0 amide bonds. The minimum atomic E-state index is -0.833. The van der Waals surface area contributed by atoms with Crippen LogP contribution in [-0.4, -0.2) is 24.2 Å². The van der Waals surface area contributed by atoms with Gasteiger partial charge in [-0.05, 0) is 32.0 Å². The summed E-state index contributed by atoms with van der Waals surface area (Å²) >= 11 is 0. The van der Waals surface area contributed by atoms with Crippen LogP contribution in [-0.2, 0) is 4.79 Å². The van der Waals surface area contributed by atoms with Crippen LogP contribution < -0.4 is 11.1 Å². The van der Waals surface area contributed by atoms with Crippen molar-refractivity contribution in [2.45, 2.75) is 117 Å². The molecular formula is C23H48N2O2. The number of aliphatic carboxylic acids is 1. The number of carbonyl (C=O) groups is 1. The summed E-state index contributed by atoms with van der Waals surface area (Å²) in [6.07, 6.45) is 26.7. The molecule has 0 saturated carbocycles. The molecule has 0 fully saturated rings. The highest BCUT2D eigenvalue weighted by molar-refractivity contribution is 5.62. The maximum atomic E-state index is 9.00. The number of nitrogens with one attached hydrogen (secondary N) is 1. The van der Waals surface area contributed by atoms with Gasteiger partial charge in [0.25, 0.3) is 5.97 Å². The molecule has 0 aromatic rings. The highest BCUT2D eigenvalue weighted by atomic mass is 16.4. The fourth-order valence-electron chi connectivity index (χ4n) is 2.91. The molecule has 0 rings (SSSR count). The molecule has 27 heavy (non-hydrogen) atoms. The SMILES string of the molecule is CC(=O)O.CCCCCCCCCCCCCCCCC=CNCCCN. The van der Waals surface area contributed by atoms with Crippen LogP contribution in [0.5, 0.6) is 0 Å². The van der Waals surface area contributed by atoms with Crippen LogP contribution in [0.1, 0.15) is 117 Å². The lowest BCUT2D eigenvalue weighted by Gasteiger charge is -2.03. The third-order valence-corrected chi connectivity index (χ3v) is 4.49. The number of nitrogens with two attached hydrogens (primary N) is 1. The number of allylic oxidation sites excluding steroid dienone is 1. The first-order chi connectivity index (χ1) is 13.1. The molecule has 4 heteroatoms. The van der Waals surface area contributed by atoms with E-state index in [9.17, 15) is 0 Å². The van der Waals surface area contributed by atoms with Gasteiger partial charge < -0.3 is 16.2 Å². The molecule has 0 saturated heterocycles. The average Bonchev–Trinajstić information content (AvgIpc) is 2.63. The van der Waals surface area contributed by atoms with Crippen molar-refractivity contribution in [2.24, 2.45) is 5.73 Å². The molecule has 0 aliphatic rings. The van der Waals surface area contributed by atoms with Crippen molar-refractivity contribution in [3.8, 4) is 0 Å². The van der Waals surface area contributed by atoms with E-state index in [0.29, 0.717) is 0 Å². The first kappa shape index (κ1) is 28.2. The largest absolute Gasteiger partial charge is 0.481 e. The van der Waals surface area contributed by atoms with Gasteiger partial charge in [0.2, 0.25) is 0 Å². The standard InChI is InChI=1S/C21H44N2.C2H4O2/c1-2-3-4-5-6-7-8-9-10-11-12-13-14-15-16-17-20-23-21-18-19-22;1-2(3)4/h17,20,23H,2-16,18-19,21-22H2,1H3;1H3,(H,3,4). The van der Waals surface area contributed by atoms with Crippen LogP contribution in [0.15, 0.2) is 12.3 Å². The van der Waals surface area contributed by atoms with E-state index in [1.54, 1.807) is 0 Å². The van der Waals surface area contributed by atoms with E-state index in [1.165, 1.54) is 96.3 Å². The Hall–Kier alpha value is -1.03. The molecule has 4 N–H and O–H groups in total. The molecule has 4 nitrogen and oxygen atoms in total. The average molecular weight is 385 g/mol. The molecule has 0 aliphatic carbocycles. The predicted octanol–water partition coefficient (Wildman–Crippen LogP) is 6.40. The Kier molecular flexibility index (Phi) is 28.4. The van der Waals surface area contributed by atoms with Crippen molar-refractivity contribution < 1.29 is 9.90 Å². The summed E-state index contributed by atoms with van der Waals surface area (Å²) in [6, 6.07) is 0. The Labute approximate surface area is 169 Å². The Bertz CT molecular complexity index is 303. The number of carboxylic acid groups (broad SMARTS) is 1. The van der Waals surface area contributed by atoms with E-state index in [2.05, 4.69) is 24.5 Å². The predicted molar refractivity (Wildman–Crippen MR) is 119 cm³/mol. The van der Waals surface area contributed by atoms with E-state index in [1.807, 2.05) is 0 Å². The van der Waals surface area contributed by atoms with Gasteiger partial charge in [-0.1, -0.05) is 96.5 Å². The van der Waals surface area contributed by atoms with Crippen molar-refractivity contribution in [1.29, 1.82) is 0 Å². The van der Waals surface area contributed by atoms with Crippen molar-refractivity contribution in [2.75, 3.05) is 13.1 Å². The van der Waals surface area contributed by atoms with Gasteiger partial charge in [-0.3, -0.25) is 4.79 Å². The Morgan fingerprint density at radius 1 is 0.815 bits per heavy atom. The summed E-state index contributed by atoms with van der Waals surface area (Å²) in [5.74, 6) is -0.833. The summed E-state index contributed by atoms with van der Waals surface area (Å²) in [7, 11) is 0. The van der Waals surface area contributed by atoms with Crippen molar-refractivity contribution in [3.63, 3.8) is 0 Å². The van der Waals surface area contributed by atoms with E-state index >= 15 is 0 Å². The maximum absolute atomic E-state index is 9.00. The third kappa shape index (κ3) is 36.6. The molecule has 0 aromatic heterocycles. The number of unbranched alkanes of at least 4 members (excludes halogenated alkanes) is 14. The normalized spacial score (nSPS) is 10.6. The Morgan fingerprint density at radius 2 is 1.22 bits per heavy atom. The van der Waals surface area contributed by atoms with Crippen LogP contribution in [0.3, 0.4) is 0 Å². The van der Waals surface area contributed by atoms with Crippen molar-refractivity contribution >= 4 is 5.97 Å². The molecule has 162 valence electrons. The van der Waals surface area contributed by atoms with E-state index in [4.69, 9.17) is 15.6 Å². The molecule has 0 radical (unpaired) electrons. The summed E-state index contributed by atoms with van der Waals surface area (Å²) in [6.45, 7) is 5.16. The first-order valence-electron chi connectivity index (χ1n) is 11.4. The number of hydrogen-bond acceptors (Lipinski definition) is 3. The zero-order valence-corrected chi connectivity index (χ0v) is 18.3. The summed E-state index contributed by atoms with van der Waals surface area (Å²) in [5, 5.41) is 10.7. The molecule has 0 heterocycles. The summed E-state index contributed by atoms with van der Waals surface area (Å²) in [4.78, 5) is 9.00. The molecule has 0 spiro atoms. The molecule has 0 bridgehead atoms. The molecule has 0 aromatic carbocycles. The van der Waals surface area contributed by atoms with Gasteiger partial charge in [-0.2, -0.15) is 0 Å². The summed E-state index contributed by atoms with van der Waals surface area (Å²) in [5.41, 5.74) is 5.44. The zero-order valence-electron chi connectivity index (χ0n) is 18.3. The summed E-state index contributed by atoms with van der Waals surface area (Å²) < 4.78 is 0. The Balaban J connectivity index is 0. The van der Waals surface area contributed by atoms with Gasteiger partial charge in [0.05, 0.1) is 0 Å². The molecule has 0 unspecified atom stereocenters. The first-order valence-corrected chi connectivity index (χ1v) is 11.4. The zero-order chi connectivity index (χ0) is 20.4. The lowest BCUT2D eigenvalue weighted by atomic mass is 10.0. The fraction of sp³-hybridized carbons (Fsp3) is 0.870. The number of hydrogen-bond donors (Lipinski definition) is 3. The Morgan fingerprint density at radius 3 is 1.63 bits per heavy atom. The second-order valence-electron chi connectivity index (χ2n) is 7.40. The van der Waals surface area contributed by atoms with Gasteiger partial charge in [0.15, 0.2) is 0 Å². The minimum absolute atomic E-state index is 0.778. The quantitative estimate of drug-likeness (QED) is 0.225. The van der Waals surface area contributed by atoms with Gasteiger partial charge in [0.1, 0.15) is 0 Å².